The summed E-state index contributed by atoms with van der Waals surface area (Å²) in [5.74, 6) is 3.97. The molecule has 0 saturated carbocycles. The van der Waals surface area contributed by atoms with Gasteiger partial charge in [-0.1, -0.05) is 72.6 Å². The number of hydrogen-bond acceptors (Lipinski definition) is 3. The Morgan fingerprint density at radius 1 is 0.912 bits per heavy atom. The fourth-order valence-electron chi connectivity index (χ4n) is 5.43. The molecule has 0 radical (unpaired) electrons. The van der Waals surface area contributed by atoms with Crippen molar-refractivity contribution in [1.29, 1.82) is 0 Å². The molecule has 0 fully saturated rings. The molecule has 1 aliphatic heterocycles. The van der Waals surface area contributed by atoms with Gasteiger partial charge < -0.3 is 9.47 Å². The van der Waals surface area contributed by atoms with E-state index in [1.807, 2.05) is 6.92 Å². The number of ether oxygens (including phenoxy) is 2. The first kappa shape index (κ1) is 28.7. The zero-order chi connectivity index (χ0) is 25.5. The number of rotatable bonds is 13. The first-order valence-electron chi connectivity index (χ1n) is 14.0. The normalized spacial score (nSPS) is 20.3. The van der Waals surface area contributed by atoms with Crippen LogP contribution in [0, 0.1) is 38.5 Å². The summed E-state index contributed by atoms with van der Waals surface area (Å²) in [7, 11) is 0. The molecule has 0 unspecified atom stereocenters. The molecule has 4 atom stereocenters. The topological polar surface area (TPSA) is 35.5 Å². The molecule has 0 aromatic heterocycles. The maximum absolute atomic E-state index is 11.6. The minimum atomic E-state index is -0.262. The van der Waals surface area contributed by atoms with Crippen LogP contribution in [-0.4, -0.2) is 11.6 Å². The third-order valence-corrected chi connectivity index (χ3v) is 8.46. The van der Waals surface area contributed by atoms with Gasteiger partial charge in [0.15, 0.2) is 0 Å². The van der Waals surface area contributed by atoms with Crippen LogP contribution in [0.25, 0.3) is 0 Å². The van der Waals surface area contributed by atoms with Gasteiger partial charge in [0.2, 0.25) is 0 Å². The Morgan fingerprint density at radius 3 is 2.03 bits per heavy atom. The molecule has 1 aromatic rings. The van der Waals surface area contributed by atoms with Gasteiger partial charge in [-0.15, -0.1) is 0 Å². The summed E-state index contributed by atoms with van der Waals surface area (Å²) < 4.78 is 12.2. The van der Waals surface area contributed by atoms with Crippen LogP contribution in [0.1, 0.15) is 128 Å². The second-order valence-corrected chi connectivity index (χ2v) is 11.8. The Morgan fingerprint density at radius 2 is 1.47 bits per heavy atom. The molecule has 3 heteroatoms. The van der Waals surface area contributed by atoms with Crippen LogP contribution in [0.4, 0.5) is 0 Å². The van der Waals surface area contributed by atoms with Gasteiger partial charge in [0, 0.05) is 12.5 Å². The number of carbonyl (C=O) groups excluding carboxylic acids is 1. The van der Waals surface area contributed by atoms with E-state index < -0.39 is 0 Å². The van der Waals surface area contributed by atoms with Crippen molar-refractivity contribution in [3.05, 3.63) is 22.3 Å². The van der Waals surface area contributed by atoms with E-state index >= 15 is 0 Å². The van der Waals surface area contributed by atoms with Crippen molar-refractivity contribution in [3.63, 3.8) is 0 Å². The van der Waals surface area contributed by atoms with E-state index in [1.54, 1.807) is 0 Å². The molecule has 194 valence electrons. The molecule has 1 aromatic carbocycles. The number of benzene rings is 1. The highest BCUT2D eigenvalue weighted by Crippen LogP contribution is 2.45. The van der Waals surface area contributed by atoms with Gasteiger partial charge in [0.25, 0.3) is 0 Å². The van der Waals surface area contributed by atoms with Gasteiger partial charge in [-0.3, -0.25) is 4.79 Å². The molecule has 0 bridgehead atoms. The molecule has 0 amide bonds. The summed E-state index contributed by atoms with van der Waals surface area (Å²) in [6.07, 6.45) is 13.8. The van der Waals surface area contributed by atoms with Crippen LogP contribution < -0.4 is 9.47 Å². The van der Waals surface area contributed by atoms with Crippen LogP contribution in [0.5, 0.6) is 11.5 Å². The van der Waals surface area contributed by atoms with E-state index in [0.29, 0.717) is 0 Å². The van der Waals surface area contributed by atoms with Gasteiger partial charge in [-0.2, -0.15) is 0 Å². The molecule has 1 aliphatic rings. The lowest BCUT2D eigenvalue weighted by molar-refractivity contribution is -0.132. The molecular formula is C31H52O3. The Labute approximate surface area is 210 Å². The number of carbonyl (C=O) groups is 1. The lowest BCUT2D eigenvalue weighted by Gasteiger charge is -2.38. The monoisotopic (exact) mass is 472 g/mol. The van der Waals surface area contributed by atoms with Crippen molar-refractivity contribution in [2.45, 2.75) is 139 Å². The van der Waals surface area contributed by atoms with E-state index in [2.05, 4.69) is 48.5 Å². The minimum Gasteiger partial charge on any atom is -0.487 e. The van der Waals surface area contributed by atoms with E-state index in [0.717, 1.165) is 65.2 Å². The summed E-state index contributed by atoms with van der Waals surface area (Å²) in [5.41, 5.74) is 4.28. The predicted molar refractivity (Wildman–Crippen MR) is 144 cm³/mol. The zero-order valence-corrected chi connectivity index (χ0v) is 23.7. The smallest absolute Gasteiger partial charge is 0.308 e. The van der Waals surface area contributed by atoms with Gasteiger partial charge in [-0.05, 0) is 87.8 Å². The summed E-state index contributed by atoms with van der Waals surface area (Å²) >= 11 is 0. The molecular weight excluding hydrogens is 420 g/mol. The van der Waals surface area contributed by atoms with Crippen LogP contribution in [0.2, 0.25) is 0 Å². The second kappa shape index (κ2) is 13.0. The Balaban J connectivity index is 1.85. The molecule has 0 N–H and O–H groups in total. The molecule has 1 heterocycles. The minimum absolute atomic E-state index is 0.114. The van der Waals surface area contributed by atoms with E-state index in [-0.39, 0.29) is 11.6 Å². The molecule has 2 rings (SSSR count). The lowest BCUT2D eigenvalue weighted by atomic mass is 9.83. The van der Waals surface area contributed by atoms with Gasteiger partial charge >= 0.3 is 5.97 Å². The number of hydrogen-bond donors (Lipinski definition) is 0. The molecule has 0 aliphatic carbocycles. The lowest BCUT2D eigenvalue weighted by Crippen LogP contribution is -2.37. The van der Waals surface area contributed by atoms with Crippen molar-refractivity contribution in [1.82, 2.24) is 0 Å². The van der Waals surface area contributed by atoms with Gasteiger partial charge in [0.1, 0.15) is 17.1 Å². The van der Waals surface area contributed by atoms with E-state index in [1.165, 1.54) is 63.9 Å². The maximum Gasteiger partial charge on any atom is 0.308 e. The van der Waals surface area contributed by atoms with E-state index in [4.69, 9.17) is 9.47 Å². The van der Waals surface area contributed by atoms with E-state index in [9.17, 15) is 4.79 Å². The maximum atomic E-state index is 11.6. The zero-order valence-electron chi connectivity index (χ0n) is 23.7. The second-order valence-electron chi connectivity index (χ2n) is 11.8. The molecule has 0 saturated heterocycles. The fourth-order valence-corrected chi connectivity index (χ4v) is 5.43. The molecule has 34 heavy (non-hydrogen) atoms. The Bertz CT molecular complexity index is 812. The van der Waals surface area contributed by atoms with Crippen LogP contribution >= 0.6 is 0 Å². The van der Waals surface area contributed by atoms with Crippen molar-refractivity contribution in [2.75, 3.05) is 0 Å². The fraction of sp³-hybridized carbons (Fsp3) is 0.774. The van der Waals surface area contributed by atoms with Crippen molar-refractivity contribution in [3.8, 4) is 11.5 Å². The highest BCUT2D eigenvalue weighted by molar-refractivity contribution is 5.72. The third kappa shape index (κ3) is 8.02. The van der Waals surface area contributed by atoms with Gasteiger partial charge in [0.05, 0.1) is 0 Å². The average Bonchev–Trinajstić information content (AvgIpc) is 2.78. The van der Waals surface area contributed by atoms with Gasteiger partial charge in [-0.25, -0.2) is 0 Å². The average molecular weight is 473 g/mol. The standard InChI is InChI=1S/C31H52O3/c1-10-21(2)13-11-14-22(3)15-12-16-23(4)17-19-31(9)20-18-28-26(7)29(33-27(8)32)24(5)25(6)30(28)34-31/h21-23H,10-20H2,1-9H3/t21-,22-,23-,31-/m1/s1. The predicted octanol–water partition coefficient (Wildman–Crippen LogP) is 9.06. The quantitative estimate of drug-likeness (QED) is 0.212. The summed E-state index contributed by atoms with van der Waals surface area (Å²) in [6.45, 7) is 19.5. The summed E-state index contributed by atoms with van der Waals surface area (Å²) in [6, 6.07) is 0. The number of esters is 1. The first-order chi connectivity index (χ1) is 16.0. The summed E-state index contributed by atoms with van der Waals surface area (Å²) in [4.78, 5) is 11.6. The molecule has 0 spiro atoms. The Kier molecular flexibility index (Phi) is 11.0. The number of fused-ring (bicyclic) bond motifs is 1. The van der Waals surface area contributed by atoms with Crippen LogP contribution in [0.15, 0.2) is 0 Å². The molecule has 3 nitrogen and oxygen atoms in total. The SMILES string of the molecule is CC[C@@H](C)CCC[C@@H](C)CCC[C@@H](C)CC[C@]1(C)CCc2c(C)c(OC(C)=O)c(C)c(C)c2O1. The Hall–Kier alpha value is -1.51. The largest absolute Gasteiger partial charge is 0.487 e. The summed E-state index contributed by atoms with van der Waals surface area (Å²) in [5, 5.41) is 0. The van der Waals surface area contributed by atoms with Crippen LogP contribution in [0.3, 0.4) is 0 Å². The van der Waals surface area contributed by atoms with Crippen molar-refractivity contribution < 1.29 is 14.3 Å². The van der Waals surface area contributed by atoms with Crippen molar-refractivity contribution in [2.24, 2.45) is 17.8 Å². The third-order valence-electron chi connectivity index (χ3n) is 8.46. The first-order valence-corrected chi connectivity index (χ1v) is 14.0. The van der Waals surface area contributed by atoms with Crippen LogP contribution in [-0.2, 0) is 11.2 Å². The van der Waals surface area contributed by atoms with Crippen molar-refractivity contribution >= 4 is 5.97 Å². The highest BCUT2D eigenvalue weighted by Gasteiger charge is 2.35. The highest BCUT2D eigenvalue weighted by atomic mass is 16.5.